The van der Waals surface area contributed by atoms with Crippen molar-refractivity contribution in [2.45, 2.75) is 43.2 Å². The molecule has 0 fully saturated rings. The lowest BCUT2D eigenvalue weighted by Crippen LogP contribution is -2.40. The molecular formula is C11H17N3OS. The van der Waals surface area contributed by atoms with Crippen LogP contribution in [0.5, 0.6) is 0 Å². The lowest BCUT2D eigenvalue weighted by atomic mass is 9.98. The van der Waals surface area contributed by atoms with Crippen molar-refractivity contribution in [3.8, 4) is 6.07 Å². The molecule has 16 heavy (non-hydrogen) atoms. The highest BCUT2D eigenvalue weighted by molar-refractivity contribution is 7.99. The number of hydrogen-bond acceptors (Lipinski definition) is 5. The number of aromatic nitrogens is 1. The van der Waals surface area contributed by atoms with Crippen molar-refractivity contribution in [1.29, 1.82) is 5.26 Å². The lowest BCUT2D eigenvalue weighted by Gasteiger charge is -2.23. The van der Waals surface area contributed by atoms with Crippen LogP contribution in [0.2, 0.25) is 0 Å². The van der Waals surface area contributed by atoms with Crippen LogP contribution in [0, 0.1) is 18.3 Å². The highest BCUT2D eigenvalue weighted by atomic mass is 32.2. The molecule has 0 aromatic carbocycles. The Kier molecular flexibility index (Phi) is 4.39. The number of oxazole rings is 1. The van der Waals surface area contributed by atoms with Gasteiger partial charge in [0.25, 0.3) is 5.22 Å². The molecule has 88 valence electrons. The van der Waals surface area contributed by atoms with E-state index in [0.717, 1.165) is 12.1 Å². The third-order valence-corrected chi connectivity index (χ3v) is 3.35. The summed E-state index contributed by atoms with van der Waals surface area (Å²) in [6.45, 7) is 5.85. The van der Waals surface area contributed by atoms with Crippen molar-refractivity contribution in [3.05, 3.63) is 12.0 Å². The molecule has 0 saturated carbocycles. The number of rotatable bonds is 5. The zero-order valence-electron chi connectivity index (χ0n) is 10.1. The van der Waals surface area contributed by atoms with Gasteiger partial charge in [-0.15, -0.1) is 0 Å². The molecule has 0 amide bonds. The van der Waals surface area contributed by atoms with Crippen molar-refractivity contribution >= 4 is 11.8 Å². The Morgan fingerprint density at radius 3 is 2.88 bits per heavy atom. The largest absolute Gasteiger partial charge is 0.440 e. The molecule has 2 atom stereocenters. The van der Waals surface area contributed by atoms with E-state index in [9.17, 15) is 0 Å². The zero-order chi connectivity index (χ0) is 12.2. The molecule has 0 aliphatic carbocycles. The summed E-state index contributed by atoms with van der Waals surface area (Å²) >= 11 is 1.55. The Balaban J connectivity index is 2.54. The third kappa shape index (κ3) is 3.54. The summed E-state index contributed by atoms with van der Waals surface area (Å²) in [5, 5.41) is 13.0. The predicted octanol–water partition coefficient (Wildman–Crippen LogP) is 2.36. The van der Waals surface area contributed by atoms with Crippen LogP contribution in [0.1, 0.15) is 26.0 Å². The number of aryl methyl sites for hydroxylation is 1. The summed E-state index contributed by atoms with van der Waals surface area (Å²) in [5.41, 5.74) is 0.389. The van der Waals surface area contributed by atoms with Gasteiger partial charge in [-0.3, -0.25) is 0 Å². The van der Waals surface area contributed by atoms with E-state index in [1.165, 1.54) is 0 Å². The fourth-order valence-electron chi connectivity index (χ4n) is 1.38. The Hall–Kier alpha value is -0.990. The van der Waals surface area contributed by atoms with Crippen LogP contribution in [0.25, 0.3) is 0 Å². The van der Waals surface area contributed by atoms with E-state index in [-0.39, 0.29) is 5.25 Å². The minimum Gasteiger partial charge on any atom is -0.440 e. The van der Waals surface area contributed by atoms with Gasteiger partial charge >= 0.3 is 0 Å². The minimum atomic E-state index is -0.492. The maximum atomic E-state index is 9.04. The van der Waals surface area contributed by atoms with Gasteiger partial charge in [0.15, 0.2) is 0 Å². The van der Waals surface area contributed by atoms with Gasteiger partial charge in [-0.2, -0.15) is 5.26 Å². The van der Waals surface area contributed by atoms with Gasteiger partial charge in [-0.1, -0.05) is 18.7 Å². The van der Waals surface area contributed by atoms with Crippen LogP contribution in [0.15, 0.2) is 15.9 Å². The van der Waals surface area contributed by atoms with Crippen molar-refractivity contribution in [2.75, 3.05) is 7.05 Å². The van der Waals surface area contributed by atoms with E-state index in [1.54, 1.807) is 25.1 Å². The van der Waals surface area contributed by atoms with Gasteiger partial charge in [0.05, 0.1) is 11.8 Å². The van der Waals surface area contributed by atoms with E-state index < -0.39 is 5.54 Å². The van der Waals surface area contributed by atoms with E-state index in [1.807, 2.05) is 13.8 Å². The van der Waals surface area contributed by atoms with E-state index >= 15 is 0 Å². The molecule has 0 aliphatic heterocycles. The van der Waals surface area contributed by atoms with Crippen molar-refractivity contribution in [3.63, 3.8) is 0 Å². The van der Waals surface area contributed by atoms with Gasteiger partial charge < -0.3 is 9.73 Å². The van der Waals surface area contributed by atoms with Gasteiger partial charge in [-0.05, 0) is 27.3 Å². The van der Waals surface area contributed by atoms with Crippen LogP contribution in [-0.2, 0) is 0 Å². The minimum absolute atomic E-state index is 0.273. The Labute approximate surface area is 100 Å². The Bertz CT molecular complexity index is 385. The van der Waals surface area contributed by atoms with Crippen LogP contribution >= 0.6 is 11.8 Å². The first-order chi connectivity index (χ1) is 7.49. The highest BCUT2D eigenvalue weighted by Gasteiger charge is 2.25. The topological polar surface area (TPSA) is 61.9 Å². The van der Waals surface area contributed by atoms with Gasteiger partial charge in [0.2, 0.25) is 0 Å². The SMILES string of the molecule is CNC(C)(C#N)CC(C)Sc1nc(C)co1. The molecule has 1 aromatic heterocycles. The summed E-state index contributed by atoms with van der Waals surface area (Å²) in [4.78, 5) is 4.23. The van der Waals surface area contributed by atoms with Crippen LogP contribution in [0.4, 0.5) is 0 Å². The quantitative estimate of drug-likeness (QED) is 0.799. The smallest absolute Gasteiger partial charge is 0.256 e. The zero-order valence-corrected chi connectivity index (χ0v) is 10.9. The maximum Gasteiger partial charge on any atom is 0.256 e. The van der Waals surface area contributed by atoms with Crippen molar-refractivity contribution in [2.24, 2.45) is 0 Å². The van der Waals surface area contributed by atoms with Crippen LogP contribution < -0.4 is 5.32 Å². The summed E-state index contributed by atoms with van der Waals surface area (Å²) in [6, 6.07) is 2.27. The predicted molar refractivity (Wildman–Crippen MR) is 64.3 cm³/mol. The molecule has 0 aliphatic rings. The molecule has 1 rings (SSSR count). The number of nitriles is 1. The van der Waals surface area contributed by atoms with E-state index in [2.05, 4.69) is 23.3 Å². The first-order valence-electron chi connectivity index (χ1n) is 5.18. The molecule has 0 radical (unpaired) electrons. The molecule has 5 heteroatoms. The average Bonchev–Trinajstić information content (AvgIpc) is 2.63. The molecule has 2 unspecified atom stereocenters. The Morgan fingerprint density at radius 2 is 2.44 bits per heavy atom. The molecule has 1 heterocycles. The molecule has 0 saturated heterocycles. The monoisotopic (exact) mass is 239 g/mol. The van der Waals surface area contributed by atoms with Gasteiger partial charge in [0.1, 0.15) is 11.8 Å². The van der Waals surface area contributed by atoms with Gasteiger partial charge in [-0.25, -0.2) is 4.98 Å². The summed E-state index contributed by atoms with van der Waals surface area (Å²) in [7, 11) is 1.80. The molecule has 1 aromatic rings. The Morgan fingerprint density at radius 1 is 1.75 bits per heavy atom. The highest BCUT2D eigenvalue weighted by Crippen LogP contribution is 2.27. The second-order valence-electron chi connectivity index (χ2n) is 4.08. The number of nitrogens with zero attached hydrogens (tertiary/aromatic N) is 2. The van der Waals surface area contributed by atoms with Crippen LogP contribution in [0.3, 0.4) is 0 Å². The first-order valence-corrected chi connectivity index (χ1v) is 6.06. The second kappa shape index (κ2) is 5.37. The standard InChI is InChI=1S/C11H17N3OS/c1-8-6-15-10(14-8)16-9(2)5-11(3,7-12)13-4/h6,9,13H,5H2,1-4H3. The summed E-state index contributed by atoms with van der Waals surface area (Å²) in [6.07, 6.45) is 2.38. The van der Waals surface area contributed by atoms with Crippen LogP contribution in [-0.4, -0.2) is 22.8 Å². The maximum absolute atomic E-state index is 9.04. The second-order valence-corrected chi connectivity index (χ2v) is 5.47. The average molecular weight is 239 g/mol. The lowest BCUT2D eigenvalue weighted by molar-refractivity contribution is 0.440. The number of thioether (sulfide) groups is 1. The van der Waals surface area contributed by atoms with E-state index in [4.69, 9.17) is 9.68 Å². The molecule has 0 bridgehead atoms. The first kappa shape index (κ1) is 13.1. The number of nitrogens with one attached hydrogen (secondary N) is 1. The molecule has 0 spiro atoms. The number of hydrogen-bond donors (Lipinski definition) is 1. The summed E-state index contributed by atoms with van der Waals surface area (Å²) in [5.74, 6) is 0. The molecular weight excluding hydrogens is 222 g/mol. The third-order valence-electron chi connectivity index (χ3n) is 2.39. The van der Waals surface area contributed by atoms with Gasteiger partial charge in [0, 0.05) is 5.25 Å². The van der Waals surface area contributed by atoms with E-state index in [0.29, 0.717) is 5.22 Å². The normalized spacial score (nSPS) is 16.4. The fourth-order valence-corrected chi connectivity index (χ4v) is 2.44. The van der Waals surface area contributed by atoms with Crippen molar-refractivity contribution in [1.82, 2.24) is 10.3 Å². The summed E-state index contributed by atoms with van der Waals surface area (Å²) < 4.78 is 5.27. The molecule has 1 N–H and O–H groups in total. The fraction of sp³-hybridized carbons (Fsp3) is 0.636. The van der Waals surface area contributed by atoms with Crippen molar-refractivity contribution < 1.29 is 4.42 Å². The molecule has 4 nitrogen and oxygen atoms in total.